The minimum Gasteiger partial charge on any atom is -0.491 e. The molecule has 0 radical (unpaired) electrons. The zero-order chi connectivity index (χ0) is 18.4. The second-order valence-corrected chi connectivity index (χ2v) is 6.62. The summed E-state index contributed by atoms with van der Waals surface area (Å²) < 4.78 is 11.3. The van der Waals surface area contributed by atoms with Crippen LogP contribution in [-0.4, -0.2) is 31.8 Å². The van der Waals surface area contributed by atoms with Crippen molar-refractivity contribution < 1.29 is 14.3 Å². The molecule has 1 atom stereocenters. The molecule has 0 aromatic heterocycles. The standard InChI is InChI=1S/C21H26N2O3/c1-15-5-3-7-20(16(15)2)22-13-21(24)23-17-8-10-18(11-9-17)26-14-19-6-4-12-25-19/h3,5,7-11,19,22H,4,6,12-14H2,1-2H3,(H,23,24). The van der Waals surface area contributed by atoms with Crippen molar-refractivity contribution in [2.24, 2.45) is 0 Å². The third kappa shape index (κ3) is 4.99. The zero-order valence-corrected chi connectivity index (χ0v) is 15.4. The number of aryl methyl sites for hydroxylation is 1. The predicted molar refractivity (Wildman–Crippen MR) is 104 cm³/mol. The van der Waals surface area contributed by atoms with Gasteiger partial charge >= 0.3 is 0 Å². The van der Waals surface area contributed by atoms with Gasteiger partial charge in [-0.3, -0.25) is 4.79 Å². The minimum atomic E-state index is -0.0843. The molecule has 138 valence electrons. The maximum Gasteiger partial charge on any atom is 0.243 e. The Morgan fingerprint density at radius 3 is 2.73 bits per heavy atom. The van der Waals surface area contributed by atoms with Gasteiger partial charge in [0.1, 0.15) is 12.4 Å². The summed E-state index contributed by atoms with van der Waals surface area (Å²) in [6.45, 7) is 5.73. The van der Waals surface area contributed by atoms with E-state index in [2.05, 4.69) is 23.6 Å². The van der Waals surface area contributed by atoms with E-state index in [4.69, 9.17) is 9.47 Å². The Kier molecular flexibility index (Phi) is 6.12. The van der Waals surface area contributed by atoms with Crippen LogP contribution in [0.4, 0.5) is 11.4 Å². The van der Waals surface area contributed by atoms with E-state index < -0.39 is 0 Å². The number of anilines is 2. The normalized spacial score (nSPS) is 16.3. The molecule has 0 saturated carbocycles. The van der Waals surface area contributed by atoms with Crippen molar-refractivity contribution in [2.75, 3.05) is 30.4 Å². The van der Waals surface area contributed by atoms with Crippen molar-refractivity contribution in [2.45, 2.75) is 32.8 Å². The highest BCUT2D eigenvalue weighted by atomic mass is 16.5. The maximum atomic E-state index is 12.1. The fourth-order valence-electron chi connectivity index (χ4n) is 2.92. The Labute approximate surface area is 154 Å². The highest BCUT2D eigenvalue weighted by Gasteiger charge is 2.15. The summed E-state index contributed by atoms with van der Waals surface area (Å²) in [5.74, 6) is 0.700. The lowest BCUT2D eigenvalue weighted by Gasteiger charge is -2.13. The fourth-order valence-corrected chi connectivity index (χ4v) is 2.92. The van der Waals surface area contributed by atoms with Crippen molar-refractivity contribution in [1.29, 1.82) is 0 Å². The molecule has 1 amide bonds. The number of nitrogens with one attached hydrogen (secondary N) is 2. The first kappa shape index (κ1) is 18.3. The molecule has 2 aromatic carbocycles. The molecule has 1 unspecified atom stereocenters. The lowest BCUT2D eigenvalue weighted by molar-refractivity contribution is -0.114. The van der Waals surface area contributed by atoms with Crippen LogP contribution in [-0.2, 0) is 9.53 Å². The van der Waals surface area contributed by atoms with Gasteiger partial charge in [-0.1, -0.05) is 12.1 Å². The summed E-state index contributed by atoms with van der Waals surface area (Å²) in [5.41, 5.74) is 4.10. The number of carbonyl (C=O) groups excluding carboxylic acids is 1. The molecule has 1 heterocycles. The Balaban J connectivity index is 1.45. The van der Waals surface area contributed by atoms with Crippen LogP contribution in [0.2, 0.25) is 0 Å². The van der Waals surface area contributed by atoms with Crippen molar-refractivity contribution in [3.05, 3.63) is 53.6 Å². The molecule has 2 aromatic rings. The predicted octanol–water partition coefficient (Wildman–Crippen LogP) is 3.91. The molecule has 3 rings (SSSR count). The van der Waals surface area contributed by atoms with E-state index in [9.17, 15) is 4.79 Å². The molecule has 1 aliphatic rings. The number of hydrogen-bond donors (Lipinski definition) is 2. The summed E-state index contributed by atoms with van der Waals surface area (Å²) in [6, 6.07) is 13.4. The van der Waals surface area contributed by atoms with Gasteiger partial charge < -0.3 is 20.1 Å². The van der Waals surface area contributed by atoms with Gasteiger partial charge in [-0.05, 0) is 68.1 Å². The summed E-state index contributed by atoms with van der Waals surface area (Å²) in [7, 11) is 0. The van der Waals surface area contributed by atoms with E-state index >= 15 is 0 Å². The third-order valence-corrected chi connectivity index (χ3v) is 4.64. The quantitative estimate of drug-likeness (QED) is 0.791. The molecule has 26 heavy (non-hydrogen) atoms. The van der Waals surface area contributed by atoms with E-state index in [0.29, 0.717) is 6.61 Å². The first-order valence-corrected chi connectivity index (χ1v) is 9.06. The van der Waals surface area contributed by atoms with Gasteiger partial charge in [0.15, 0.2) is 0 Å². The van der Waals surface area contributed by atoms with E-state index in [1.807, 2.05) is 43.3 Å². The van der Waals surface area contributed by atoms with Crippen molar-refractivity contribution in [3.63, 3.8) is 0 Å². The molecule has 1 aliphatic heterocycles. The van der Waals surface area contributed by atoms with Crippen LogP contribution >= 0.6 is 0 Å². The number of amides is 1. The monoisotopic (exact) mass is 354 g/mol. The Morgan fingerprint density at radius 2 is 2.00 bits per heavy atom. The van der Waals surface area contributed by atoms with Gasteiger partial charge in [0.2, 0.25) is 5.91 Å². The summed E-state index contributed by atoms with van der Waals surface area (Å²) in [6.07, 6.45) is 2.36. The molecule has 5 heteroatoms. The van der Waals surface area contributed by atoms with Crippen LogP contribution < -0.4 is 15.4 Å². The van der Waals surface area contributed by atoms with Crippen LogP contribution in [0, 0.1) is 13.8 Å². The number of hydrogen-bond acceptors (Lipinski definition) is 4. The van der Waals surface area contributed by atoms with Gasteiger partial charge in [0, 0.05) is 18.0 Å². The number of ether oxygens (including phenoxy) is 2. The molecule has 2 N–H and O–H groups in total. The minimum absolute atomic E-state index is 0.0843. The Bertz CT molecular complexity index is 737. The molecule has 1 fully saturated rings. The van der Waals surface area contributed by atoms with Crippen LogP contribution in [0.5, 0.6) is 5.75 Å². The highest BCUT2D eigenvalue weighted by molar-refractivity contribution is 5.93. The van der Waals surface area contributed by atoms with E-state index in [1.54, 1.807) is 0 Å². The molecule has 0 spiro atoms. The Morgan fingerprint density at radius 1 is 1.19 bits per heavy atom. The molecule has 0 bridgehead atoms. The lowest BCUT2D eigenvalue weighted by atomic mass is 10.1. The van der Waals surface area contributed by atoms with Gasteiger partial charge in [0.25, 0.3) is 0 Å². The molecular weight excluding hydrogens is 328 g/mol. The van der Waals surface area contributed by atoms with Crippen LogP contribution in [0.3, 0.4) is 0 Å². The first-order chi connectivity index (χ1) is 12.6. The number of benzene rings is 2. The third-order valence-electron chi connectivity index (χ3n) is 4.64. The van der Waals surface area contributed by atoms with E-state index in [1.165, 1.54) is 5.56 Å². The molecular formula is C21H26N2O3. The molecule has 1 saturated heterocycles. The smallest absolute Gasteiger partial charge is 0.243 e. The zero-order valence-electron chi connectivity index (χ0n) is 15.4. The number of carbonyl (C=O) groups is 1. The maximum absolute atomic E-state index is 12.1. The summed E-state index contributed by atoms with van der Waals surface area (Å²) >= 11 is 0. The molecule has 5 nitrogen and oxygen atoms in total. The largest absolute Gasteiger partial charge is 0.491 e. The van der Waals surface area contributed by atoms with Crippen LogP contribution in [0.15, 0.2) is 42.5 Å². The highest BCUT2D eigenvalue weighted by Crippen LogP contribution is 2.19. The molecule has 0 aliphatic carbocycles. The second-order valence-electron chi connectivity index (χ2n) is 6.62. The topological polar surface area (TPSA) is 59.6 Å². The van der Waals surface area contributed by atoms with Crippen molar-refractivity contribution in [3.8, 4) is 5.75 Å². The van der Waals surface area contributed by atoms with Gasteiger partial charge in [-0.2, -0.15) is 0 Å². The van der Waals surface area contributed by atoms with E-state index in [-0.39, 0.29) is 18.6 Å². The van der Waals surface area contributed by atoms with Crippen molar-refractivity contribution >= 4 is 17.3 Å². The fraction of sp³-hybridized carbons (Fsp3) is 0.381. The average Bonchev–Trinajstić information content (AvgIpc) is 3.16. The van der Waals surface area contributed by atoms with Crippen LogP contribution in [0.1, 0.15) is 24.0 Å². The van der Waals surface area contributed by atoms with Gasteiger partial charge in [-0.15, -0.1) is 0 Å². The van der Waals surface area contributed by atoms with Crippen LogP contribution in [0.25, 0.3) is 0 Å². The average molecular weight is 354 g/mol. The van der Waals surface area contributed by atoms with Crippen molar-refractivity contribution in [1.82, 2.24) is 0 Å². The second kappa shape index (κ2) is 8.72. The first-order valence-electron chi connectivity index (χ1n) is 9.06. The number of rotatable bonds is 7. The van der Waals surface area contributed by atoms with Gasteiger partial charge in [0.05, 0.1) is 12.6 Å². The van der Waals surface area contributed by atoms with Gasteiger partial charge in [-0.25, -0.2) is 0 Å². The SMILES string of the molecule is Cc1cccc(NCC(=O)Nc2ccc(OCC3CCCO3)cc2)c1C. The van der Waals surface area contributed by atoms with E-state index in [0.717, 1.165) is 42.1 Å². The lowest BCUT2D eigenvalue weighted by Crippen LogP contribution is -2.22. The summed E-state index contributed by atoms with van der Waals surface area (Å²) in [5, 5.41) is 6.08. The Hall–Kier alpha value is -2.53. The summed E-state index contributed by atoms with van der Waals surface area (Å²) in [4.78, 5) is 12.1.